The number of nitriles is 1. The molecule has 2 heterocycles. The number of aromatic nitrogens is 5. The van der Waals surface area contributed by atoms with Crippen LogP contribution in [-0.4, -0.2) is 24.9 Å². The van der Waals surface area contributed by atoms with E-state index in [0.717, 1.165) is 73.6 Å². The Kier molecular flexibility index (Phi) is 7.75. The summed E-state index contributed by atoms with van der Waals surface area (Å²) in [6.45, 7) is 0. The molecule has 0 spiro atoms. The average Bonchev–Trinajstić information content (AvgIpc) is 3.29. The van der Waals surface area contributed by atoms with Crippen molar-refractivity contribution < 1.29 is 0 Å². The number of hydrogen-bond donors (Lipinski definition) is 0. The molecule has 6 aromatic carbocycles. The molecule has 270 valence electrons. The molecule has 0 amide bonds. The van der Waals surface area contributed by atoms with Crippen LogP contribution in [0.5, 0.6) is 0 Å². The van der Waals surface area contributed by atoms with Gasteiger partial charge in [-0.05, 0) is 89.5 Å². The number of nitrogens with zero attached hydrogens (tertiary/aromatic N) is 6. The van der Waals surface area contributed by atoms with E-state index in [2.05, 4.69) is 91.0 Å². The predicted molar refractivity (Wildman–Crippen MR) is 224 cm³/mol. The molecular formula is C51H36N6. The van der Waals surface area contributed by atoms with Gasteiger partial charge < -0.3 is 0 Å². The zero-order valence-electron chi connectivity index (χ0n) is 31.1. The topological polar surface area (TPSA) is 88.2 Å². The van der Waals surface area contributed by atoms with E-state index in [9.17, 15) is 5.26 Å². The van der Waals surface area contributed by atoms with Crippen molar-refractivity contribution in [2.75, 3.05) is 0 Å². The van der Waals surface area contributed by atoms with Crippen LogP contribution in [0, 0.1) is 29.1 Å². The first-order chi connectivity index (χ1) is 28.1. The minimum absolute atomic E-state index is 0.337. The third-order valence-corrected chi connectivity index (χ3v) is 12.6. The van der Waals surface area contributed by atoms with Crippen LogP contribution in [0.4, 0.5) is 0 Å². The molecule has 2 atom stereocenters. The third-order valence-electron chi connectivity index (χ3n) is 12.6. The number of benzene rings is 6. The molecule has 2 unspecified atom stereocenters. The third kappa shape index (κ3) is 5.74. The van der Waals surface area contributed by atoms with Crippen LogP contribution in [0.25, 0.3) is 79.2 Å². The van der Waals surface area contributed by atoms with Gasteiger partial charge in [-0.1, -0.05) is 133 Å². The van der Waals surface area contributed by atoms with E-state index < -0.39 is 0 Å². The molecule has 0 saturated heterocycles. The Morgan fingerprint density at radius 1 is 0.421 bits per heavy atom. The van der Waals surface area contributed by atoms with Crippen molar-refractivity contribution in [3.8, 4) is 85.3 Å². The molecule has 3 aliphatic rings. The summed E-state index contributed by atoms with van der Waals surface area (Å²) in [6.07, 6.45) is 4.04. The van der Waals surface area contributed by atoms with Gasteiger partial charge in [-0.3, -0.25) is 0 Å². The van der Waals surface area contributed by atoms with Crippen LogP contribution in [0.1, 0.15) is 30.4 Å². The normalized spacial score (nSPS) is 19.9. The molecule has 3 saturated carbocycles. The Labute approximate surface area is 331 Å². The molecule has 0 radical (unpaired) electrons. The van der Waals surface area contributed by atoms with E-state index in [0.29, 0.717) is 34.3 Å². The Bertz CT molecular complexity index is 2790. The monoisotopic (exact) mass is 732 g/mol. The molecule has 2 aromatic heterocycles. The van der Waals surface area contributed by atoms with E-state index in [1.54, 1.807) is 0 Å². The lowest BCUT2D eigenvalue weighted by Gasteiger charge is -2.76. The first-order valence-electron chi connectivity index (χ1n) is 19.7. The molecule has 3 fully saturated rings. The van der Waals surface area contributed by atoms with Crippen LogP contribution in [0.15, 0.2) is 164 Å². The van der Waals surface area contributed by atoms with Gasteiger partial charge in [-0.15, -0.1) is 0 Å². The molecule has 6 nitrogen and oxygen atoms in total. The second-order valence-corrected chi connectivity index (χ2v) is 15.8. The van der Waals surface area contributed by atoms with Gasteiger partial charge in [-0.25, -0.2) is 24.9 Å². The molecule has 0 aliphatic heterocycles. The van der Waals surface area contributed by atoms with Crippen LogP contribution in [0.3, 0.4) is 0 Å². The predicted octanol–water partition coefficient (Wildman–Crippen LogP) is 11.5. The highest BCUT2D eigenvalue weighted by Gasteiger charge is 2.71. The lowest BCUT2D eigenvalue weighted by atomic mass is 9.28. The van der Waals surface area contributed by atoms with Crippen molar-refractivity contribution in [3.63, 3.8) is 0 Å². The summed E-state index contributed by atoms with van der Waals surface area (Å²) < 4.78 is 0. The van der Waals surface area contributed by atoms with Gasteiger partial charge in [0, 0.05) is 33.4 Å². The summed E-state index contributed by atoms with van der Waals surface area (Å²) >= 11 is 0. The first-order valence-corrected chi connectivity index (χ1v) is 19.7. The zero-order valence-corrected chi connectivity index (χ0v) is 31.1. The van der Waals surface area contributed by atoms with Gasteiger partial charge >= 0.3 is 0 Å². The first kappa shape index (κ1) is 33.3. The number of rotatable bonds is 8. The maximum absolute atomic E-state index is 9.47. The Morgan fingerprint density at radius 3 is 1.60 bits per heavy atom. The summed E-state index contributed by atoms with van der Waals surface area (Å²) in [7, 11) is 0. The van der Waals surface area contributed by atoms with E-state index in [1.165, 1.54) is 24.8 Å². The summed E-state index contributed by atoms with van der Waals surface area (Å²) in [5.41, 5.74) is 11.8. The summed E-state index contributed by atoms with van der Waals surface area (Å²) in [4.78, 5) is 25.6. The number of hydrogen-bond acceptors (Lipinski definition) is 6. The smallest absolute Gasteiger partial charge is 0.164 e. The molecule has 0 bridgehead atoms. The van der Waals surface area contributed by atoms with Gasteiger partial charge in [-0.2, -0.15) is 5.26 Å². The van der Waals surface area contributed by atoms with Crippen molar-refractivity contribution in [1.29, 1.82) is 5.26 Å². The van der Waals surface area contributed by atoms with E-state index in [4.69, 9.17) is 24.9 Å². The highest BCUT2D eigenvalue weighted by Crippen LogP contribution is 2.77. The quantitative estimate of drug-likeness (QED) is 0.155. The molecule has 57 heavy (non-hydrogen) atoms. The average molecular weight is 733 g/mol. The summed E-state index contributed by atoms with van der Waals surface area (Å²) in [5.74, 6) is 5.22. The molecule has 3 aliphatic carbocycles. The molecule has 0 N–H and O–H groups in total. The van der Waals surface area contributed by atoms with Gasteiger partial charge in [0.15, 0.2) is 23.3 Å². The maximum Gasteiger partial charge on any atom is 0.164 e. The minimum Gasteiger partial charge on any atom is -0.228 e. The Morgan fingerprint density at radius 2 is 0.930 bits per heavy atom. The van der Waals surface area contributed by atoms with Gasteiger partial charge in [0.05, 0.1) is 23.0 Å². The SMILES string of the molecule is N#Cc1cccc(-c2ccc(-c3nc(-c4cccc(-c5cc(-c6ccccc6)nc(-c6ccccc6)n5)c4)nc(-c4cccc(C56CC7CC(C5)C76)c4)n3)cc2)c1. The maximum atomic E-state index is 9.47. The largest absolute Gasteiger partial charge is 0.228 e. The fourth-order valence-corrected chi connectivity index (χ4v) is 9.79. The Balaban J connectivity index is 1.02. The lowest BCUT2D eigenvalue weighted by molar-refractivity contribution is -0.219. The molecule has 8 aromatic rings. The van der Waals surface area contributed by atoms with Crippen molar-refractivity contribution in [1.82, 2.24) is 24.9 Å². The summed E-state index contributed by atoms with van der Waals surface area (Å²) in [5, 5.41) is 9.47. The fraction of sp³-hybridized carbons (Fsp3) is 0.137. The van der Waals surface area contributed by atoms with Crippen LogP contribution in [-0.2, 0) is 5.41 Å². The van der Waals surface area contributed by atoms with Crippen LogP contribution < -0.4 is 0 Å². The van der Waals surface area contributed by atoms with E-state index in [1.807, 2.05) is 78.9 Å². The van der Waals surface area contributed by atoms with Crippen LogP contribution in [0.2, 0.25) is 0 Å². The standard InChI is InChI=1S/C51H36N6/c52-31-32-10-7-15-37(24-32)33-20-22-36(23-21-33)48-55-49(57-50(56-48)40-18-9-19-43(27-40)51-29-41-26-42(30-51)46(41)51)39-17-8-16-38(25-39)45-28-44(34-11-3-1-4-12-34)53-47(54-45)35-13-5-2-6-14-35/h1-25,27-28,41-42,46H,26,29-30H2. The molecule has 11 rings (SSSR count). The van der Waals surface area contributed by atoms with Crippen molar-refractivity contribution in [2.24, 2.45) is 17.8 Å². The van der Waals surface area contributed by atoms with Gasteiger partial charge in [0.25, 0.3) is 0 Å². The lowest BCUT2D eigenvalue weighted by Crippen LogP contribution is -2.71. The second kappa shape index (κ2) is 13.3. The van der Waals surface area contributed by atoms with Crippen molar-refractivity contribution in [2.45, 2.75) is 24.7 Å². The fourth-order valence-electron chi connectivity index (χ4n) is 9.79. The molecular weight excluding hydrogens is 697 g/mol. The van der Waals surface area contributed by atoms with E-state index in [-0.39, 0.29) is 0 Å². The zero-order chi connectivity index (χ0) is 37.9. The van der Waals surface area contributed by atoms with E-state index >= 15 is 0 Å². The highest BCUT2D eigenvalue weighted by atomic mass is 15.0. The van der Waals surface area contributed by atoms with Crippen molar-refractivity contribution in [3.05, 3.63) is 175 Å². The summed E-state index contributed by atoms with van der Waals surface area (Å²) in [6, 6.07) is 57.9. The van der Waals surface area contributed by atoms with Gasteiger partial charge in [0.1, 0.15) is 0 Å². The van der Waals surface area contributed by atoms with Crippen molar-refractivity contribution >= 4 is 0 Å². The Hall–Kier alpha value is -7.10. The second-order valence-electron chi connectivity index (χ2n) is 15.8. The molecule has 6 heteroatoms. The highest BCUT2D eigenvalue weighted by molar-refractivity contribution is 5.76. The van der Waals surface area contributed by atoms with Crippen LogP contribution >= 0.6 is 0 Å². The van der Waals surface area contributed by atoms with Gasteiger partial charge in [0.2, 0.25) is 0 Å². The minimum atomic E-state index is 0.337.